The molecule has 1 atom stereocenters. The van der Waals surface area contributed by atoms with E-state index >= 15 is 0 Å². The van der Waals surface area contributed by atoms with Gasteiger partial charge in [0.1, 0.15) is 0 Å². The third-order valence-electron chi connectivity index (χ3n) is 4.10. The van der Waals surface area contributed by atoms with Gasteiger partial charge in [-0.05, 0) is 25.5 Å². The number of rotatable bonds is 5. The second kappa shape index (κ2) is 7.25. The van der Waals surface area contributed by atoms with Crippen molar-refractivity contribution >= 4 is 0 Å². The van der Waals surface area contributed by atoms with Crippen molar-refractivity contribution in [3.05, 3.63) is 41.9 Å². The monoisotopic (exact) mass is 311 g/mol. The predicted octanol–water partition coefficient (Wildman–Crippen LogP) is 1.98. The Morgan fingerprint density at radius 1 is 1.48 bits per heavy atom. The van der Waals surface area contributed by atoms with Gasteiger partial charge in [-0.15, -0.1) is 0 Å². The summed E-state index contributed by atoms with van der Waals surface area (Å²) in [6.45, 7) is 3.72. The fourth-order valence-corrected chi connectivity index (χ4v) is 3.00. The molecule has 1 fully saturated rings. The number of aromatic nitrogens is 3. The fourth-order valence-electron chi connectivity index (χ4n) is 3.00. The van der Waals surface area contributed by atoms with Crippen LogP contribution in [0.15, 0.2) is 30.7 Å². The molecule has 0 N–H and O–H groups in total. The Kier molecular flexibility index (Phi) is 4.89. The van der Waals surface area contributed by atoms with E-state index in [4.69, 9.17) is 10.00 Å². The molecule has 0 bridgehead atoms. The molecule has 23 heavy (non-hydrogen) atoms. The van der Waals surface area contributed by atoms with Gasteiger partial charge in [-0.3, -0.25) is 9.58 Å². The van der Waals surface area contributed by atoms with Crippen molar-refractivity contribution in [2.75, 3.05) is 19.7 Å². The average Bonchev–Trinajstić information content (AvgIpc) is 2.98. The maximum atomic E-state index is 8.91. The van der Waals surface area contributed by atoms with Crippen LogP contribution in [0.25, 0.3) is 0 Å². The highest BCUT2D eigenvalue weighted by atomic mass is 16.5. The molecule has 3 heterocycles. The summed E-state index contributed by atoms with van der Waals surface area (Å²) >= 11 is 0. The number of ether oxygens (including phenoxy) is 1. The molecule has 2 aromatic rings. The van der Waals surface area contributed by atoms with Crippen LogP contribution in [-0.2, 0) is 13.6 Å². The molecule has 1 aliphatic heterocycles. The van der Waals surface area contributed by atoms with Crippen molar-refractivity contribution in [2.45, 2.75) is 19.4 Å². The van der Waals surface area contributed by atoms with E-state index in [-0.39, 0.29) is 0 Å². The minimum absolute atomic E-state index is 0.493. The van der Waals surface area contributed by atoms with E-state index in [0.29, 0.717) is 24.0 Å². The Morgan fingerprint density at radius 3 is 3.17 bits per heavy atom. The van der Waals surface area contributed by atoms with Gasteiger partial charge in [0, 0.05) is 50.1 Å². The molecule has 0 aliphatic carbocycles. The minimum Gasteiger partial charge on any atom is -0.477 e. The van der Waals surface area contributed by atoms with E-state index < -0.39 is 0 Å². The third kappa shape index (κ3) is 4.30. The molecule has 0 radical (unpaired) electrons. The van der Waals surface area contributed by atoms with E-state index in [0.717, 1.165) is 19.6 Å². The maximum Gasteiger partial charge on any atom is 0.214 e. The third-order valence-corrected chi connectivity index (χ3v) is 4.10. The minimum atomic E-state index is 0.493. The molecule has 6 nitrogen and oxygen atoms in total. The first-order valence-corrected chi connectivity index (χ1v) is 7.92. The SMILES string of the molecule is Cn1cc(CN2CCCC(COc3cc(C#N)ccn3)C2)cn1. The number of hydrogen-bond donors (Lipinski definition) is 0. The topological polar surface area (TPSA) is 67.0 Å². The van der Waals surface area contributed by atoms with Crippen LogP contribution in [-0.4, -0.2) is 39.4 Å². The zero-order chi connectivity index (χ0) is 16.1. The first-order valence-electron chi connectivity index (χ1n) is 7.92. The average molecular weight is 311 g/mol. The number of nitrogens with zero attached hydrogens (tertiary/aromatic N) is 5. The molecule has 0 spiro atoms. The highest BCUT2D eigenvalue weighted by molar-refractivity contribution is 5.31. The van der Waals surface area contributed by atoms with E-state index in [9.17, 15) is 0 Å². The molecule has 0 aromatic carbocycles. The summed E-state index contributed by atoms with van der Waals surface area (Å²) in [5.74, 6) is 1.03. The Hall–Kier alpha value is -2.39. The van der Waals surface area contributed by atoms with Crippen LogP contribution < -0.4 is 4.74 Å². The molecular formula is C17H21N5O. The lowest BCUT2D eigenvalue weighted by Crippen LogP contribution is -2.37. The van der Waals surface area contributed by atoms with Crippen LogP contribution in [0, 0.1) is 17.2 Å². The molecule has 0 saturated carbocycles. The van der Waals surface area contributed by atoms with E-state index in [1.165, 1.54) is 18.4 Å². The van der Waals surface area contributed by atoms with Gasteiger partial charge in [-0.25, -0.2) is 4.98 Å². The Balaban J connectivity index is 1.51. The fraction of sp³-hybridized carbons (Fsp3) is 0.471. The number of piperidine rings is 1. The van der Waals surface area contributed by atoms with Gasteiger partial charge in [0.2, 0.25) is 5.88 Å². The Morgan fingerprint density at radius 2 is 2.39 bits per heavy atom. The Labute approximate surface area is 136 Å². The lowest BCUT2D eigenvalue weighted by molar-refractivity contribution is 0.123. The van der Waals surface area contributed by atoms with Crippen molar-refractivity contribution in [2.24, 2.45) is 13.0 Å². The van der Waals surface area contributed by atoms with Crippen LogP contribution in [0.2, 0.25) is 0 Å². The molecule has 1 unspecified atom stereocenters. The van der Waals surface area contributed by atoms with Gasteiger partial charge in [0.05, 0.1) is 24.4 Å². The molecule has 2 aromatic heterocycles. The van der Waals surface area contributed by atoms with Crippen LogP contribution in [0.4, 0.5) is 0 Å². The van der Waals surface area contributed by atoms with Gasteiger partial charge < -0.3 is 4.74 Å². The molecular weight excluding hydrogens is 290 g/mol. The van der Waals surface area contributed by atoms with Crippen LogP contribution in [0.3, 0.4) is 0 Å². The summed E-state index contributed by atoms with van der Waals surface area (Å²) in [7, 11) is 1.94. The van der Waals surface area contributed by atoms with Crippen LogP contribution in [0.5, 0.6) is 5.88 Å². The van der Waals surface area contributed by atoms with Gasteiger partial charge in [0.25, 0.3) is 0 Å². The molecule has 1 aliphatic rings. The summed E-state index contributed by atoms with van der Waals surface area (Å²) in [6.07, 6.45) is 7.96. The number of aryl methyl sites for hydroxylation is 1. The van der Waals surface area contributed by atoms with Gasteiger partial charge >= 0.3 is 0 Å². The summed E-state index contributed by atoms with van der Waals surface area (Å²) < 4.78 is 7.63. The smallest absolute Gasteiger partial charge is 0.214 e. The zero-order valence-corrected chi connectivity index (χ0v) is 13.4. The second-order valence-electron chi connectivity index (χ2n) is 6.07. The Bertz CT molecular complexity index is 690. The molecule has 1 saturated heterocycles. The van der Waals surface area contributed by atoms with Crippen LogP contribution in [0.1, 0.15) is 24.0 Å². The van der Waals surface area contributed by atoms with Crippen molar-refractivity contribution in [3.8, 4) is 11.9 Å². The number of hydrogen-bond acceptors (Lipinski definition) is 5. The first kappa shape index (κ1) is 15.5. The highest BCUT2D eigenvalue weighted by Crippen LogP contribution is 2.20. The van der Waals surface area contributed by atoms with Gasteiger partial charge in [0.15, 0.2) is 0 Å². The number of pyridine rings is 1. The molecule has 0 amide bonds. The van der Waals surface area contributed by atoms with E-state index in [1.54, 1.807) is 18.3 Å². The second-order valence-corrected chi connectivity index (χ2v) is 6.07. The van der Waals surface area contributed by atoms with Crippen LogP contribution >= 0.6 is 0 Å². The number of likely N-dealkylation sites (tertiary alicyclic amines) is 1. The largest absolute Gasteiger partial charge is 0.477 e. The molecule has 120 valence electrons. The van der Waals surface area contributed by atoms with E-state index in [1.807, 2.05) is 17.9 Å². The standard InChI is InChI=1S/C17H21N5O/c1-21-10-16(9-20-21)12-22-6-2-3-15(11-22)13-23-17-7-14(8-18)4-5-19-17/h4-5,7,9-10,15H,2-3,6,11-13H2,1H3. The number of nitriles is 1. The van der Waals surface area contributed by atoms with Gasteiger partial charge in [-0.1, -0.05) is 0 Å². The quantitative estimate of drug-likeness (QED) is 0.844. The summed E-state index contributed by atoms with van der Waals surface area (Å²) in [5, 5.41) is 13.1. The predicted molar refractivity (Wildman–Crippen MR) is 85.7 cm³/mol. The summed E-state index contributed by atoms with van der Waals surface area (Å²) in [5.41, 5.74) is 1.83. The lowest BCUT2D eigenvalue weighted by Gasteiger charge is -2.32. The lowest BCUT2D eigenvalue weighted by atomic mass is 9.99. The van der Waals surface area contributed by atoms with Crippen molar-refractivity contribution in [3.63, 3.8) is 0 Å². The van der Waals surface area contributed by atoms with Crippen molar-refractivity contribution in [1.82, 2.24) is 19.7 Å². The summed E-state index contributed by atoms with van der Waals surface area (Å²) in [6, 6.07) is 5.48. The maximum absolute atomic E-state index is 8.91. The highest BCUT2D eigenvalue weighted by Gasteiger charge is 2.21. The summed E-state index contributed by atoms with van der Waals surface area (Å²) in [4.78, 5) is 6.62. The van der Waals surface area contributed by atoms with Gasteiger partial charge in [-0.2, -0.15) is 10.4 Å². The zero-order valence-electron chi connectivity index (χ0n) is 13.4. The molecule has 3 rings (SSSR count). The van der Waals surface area contributed by atoms with Crippen molar-refractivity contribution < 1.29 is 4.74 Å². The normalized spacial score (nSPS) is 18.5. The van der Waals surface area contributed by atoms with E-state index in [2.05, 4.69) is 27.2 Å². The van der Waals surface area contributed by atoms with Crippen molar-refractivity contribution in [1.29, 1.82) is 5.26 Å². The molecule has 6 heteroatoms. The first-order chi connectivity index (χ1) is 11.2.